The number of ether oxygens (including phenoxy) is 1. The van der Waals surface area contributed by atoms with Gasteiger partial charge < -0.3 is 24.6 Å². The number of carboxylic acids is 1. The predicted molar refractivity (Wildman–Crippen MR) is 133 cm³/mol. The van der Waals surface area contributed by atoms with Crippen molar-refractivity contribution in [3.05, 3.63) is 75.8 Å². The van der Waals surface area contributed by atoms with Gasteiger partial charge in [0, 0.05) is 40.5 Å². The van der Waals surface area contributed by atoms with Gasteiger partial charge in [-0.2, -0.15) is 0 Å². The Kier molecular flexibility index (Phi) is 6.91. The number of aromatic nitrogens is 1. The Bertz CT molecular complexity index is 1450. The molecule has 2 heterocycles. The van der Waals surface area contributed by atoms with Crippen LogP contribution >= 0.6 is 0 Å². The van der Waals surface area contributed by atoms with Crippen molar-refractivity contribution in [2.24, 2.45) is 0 Å². The number of H-pyrrole nitrogens is 1. The molecule has 182 valence electrons. The Hall–Kier alpha value is -4.07. The number of aliphatic carboxylic acids is 1. The summed E-state index contributed by atoms with van der Waals surface area (Å²) in [6.45, 7) is 5.35. The third-order valence-electron chi connectivity index (χ3n) is 6.10. The highest BCUT2D eigenvalue weighted by molar-refractivity contribution is 5.89. The largest absolute Gasteiger partial charge is 0.480 e. The molecular weight excluding hydrogens is 448 g/mol. The van der Waals surface area contributed by atoms with Crippen molar-refractivity contribution in [3.63, 3.8) is 0 Å². The highest BCUT2D eigenvalue weighted by atomic mass is 16.5. The Morgan fingerprint density at radius 3 is 2.66 bits per heavy atom. The van der Waals surface area contributed by atoms with E-state index >= 15 is 0 Å². The third-order valence-corrected chi connectivity index (χ3v) is 6.10. The van der Waals surface area contributed by atoms with E-state index in [0.717, 1.165) is 40.3 Å². The lowest BCUT2D eigenvalue weighted by Gasteiger charge is -2.20. The van der Waals surface area contributed by atoms with Gasteiger partial charge >= 0.3 is 11.6 Å². The first-order valence-electron chi connectivity index (χ1n) is 11.6. The van der Waals surface area contributed by atoms with Crippen molar-refractivity contribution in [2.75, 3.05) is 0 Å². The molecule has 8 heteroatoms. The number of carbonyl (C=O) groups excluding carboxylic acids is 1. The molecule has 35 heavy (non-hydrogen) atoms. The molecule has 2 atom stereocenters. The lowest BCUT2D eigenvalue weighted by Crippen LogP contribution is -2.47. The van der Waals surface area contributed by atoms with E-state index in [2.05, 4.69) is 10.3 Å². The molecule has 0 aliphatic carbocycles. The van der Waals surface area contributed by atoms with E-state index in [1.54, 1.807) is 26.1 Å². The lowest BCUT2D eigenvalue weighted by atomic mass is 10.0. The van der Waals surface area contributed by atoms with Crippen molar-refractivity contribution in [2.45, 2.75) is 52.2 Å². The molecule has 0 aliphatic heterocycles. The topological polar surface area (TPSA) is 122 Å². The first-order valence-corrected chi connectivity index (χ1v) is 11.6. The third kappa shape index (κ3) is 5.06. The van der Waals surface area contributed by atoms with Crippen LogP contribution in [-0.2, 0) is 22.4 Å². The number of hydrogen-bond acceptors (Lipinski definition) is 5. The Morgan fingerprint density at radius 1 is 1.14 bits per heavy atom. The molecule has 0 bridgehead atoms. The number of rotatable bonds is 9. The van der Waals surface area contributed by atoms with Crippen molar-refractivity contribution < 1.29 is 23.8 Å². The van der Waals surface area contributed by atoms with Crippen molar-refractivity contribution in [3.8, 4) is 5.75 Å². The van der Waals surface area contributed by atoms with E-state index in [0.29, 0.717) is 16.9 Å². The van der Waals surface area contributed by atoms with Crippen LogP contribution in [0.15, 0.2) is 57.9 Å². The summed E-state index contributed by atoms with van der Waals surface area (Å²) in [5.74, 6) is -1.30. The minimum atomic E-state index is -1.14. The SMILES string of the molecule is CCCc1cc(=O)oc2c(C)c(O[C@H](C)C(=O)N[C@@H](Cc3c[nH]c4ccccc34)C(=O)O)ccc12. The van der Waals surface area contributed by atoms with E-state index in [4.69, 9.17) is 9.15 Å². The van der Waals surface area contributed by atoms with Gasteiger partial charge in [0.25, 0.3) is 5.91 Å². The standard InChI is InChI=1S/C27H28N2O6/c1-4-7-17-13-24(30)35-25-15(2)23(11-10-20(17)25)34-16(3)26(31)29-22(27(32)33)12-18-14-28-21-9-6-5-8-19(18)21/h5-6,8-11,13-14,16,22,28H,4,7,12H2,1-3H3,(H,29,31)(H,32,33)/t16-,22+/m1/s1. The average molecular weight is 477 g/mol. The van der Waals surface area contributed by atoms with Gasteiger partial charge in [0.1, 0.15) is 17.4 Å². The second-order valence-electron chi connectivity index (χ2n) is 8.63. The maximum absolute atomic E-state index is 12.8. The number of carbonyl (C=O) groups is 2. The number of para-hydroxylation sites is 1. The smallest absolute Gasteiger partial charge is 0.336 e. The van der Waals surface area contributed by atoms with E-state index in [1.165, 1.54) is 6.07 Å². The molecule has 4 rings (SSSR count). The molecule has 0 aliphatic rings. The number of fused-ring (bicyclic) bond motifs is 2. The maximum Gasteiger partial charge on any atom is 0.336 e. The number of hydrogen-bond donors (Lipinski definition) is 3. The van der Waals surface area contributed by atoms with E-state index < -0.39 is 29.6 Å². The molecule has 2 aromatic carbocycles. The zero-order valence-electron chi connectivity index (χ0n) is 19.9. The van der Waals surface area contributed by atoms with Crippen LogP contribution in [0.2, 0.25) is 0 Å². The van der Waals surface area contributed by atoms with Crippen LogP contribution in [0.25, 0.3) is 21.9 Å². The van der Waals surface area contributed by atoms with Gasteiger partial charge in [0.15, 0.2) is 6.10 Å². The molecule has 0 saturated carbocycles. The fraction of sp³-hybridized carbons (Fsp3) is 0.296. The predicted octanol–water partition coefficient (Wildman–Crippen LogP) is 4.11. The summed E-state index contributed by atoms with van der Waals surface area (Å²) in [5, 5.41) is 14.0. The average Bonchev–Trinajstić information content (AvgIpc) is 3.23. The number of amides is 1. The number of benzene rings is 2. The molecule has 0 spiro atoms. The van der Waals surface area contributed by atoms with Crippen molar-refractivity contribution in [1.29, 1.82) is 0 Å². The first kappa shape index (κ1) is 24.1. The number of aryl methyl sites for hydroxylation is 2. The van der Waals surface area contributed by atoms with Crippen LogP contribution in [0.4, 0.5) is 0 Å². The highest BCUT2D eigenvalue weighted by Crippen LogP contribution is 2.29. The van der Waals surface area contributed by atoms with E-state index in [9.17, 15) is 19.5 Å². The van der Waals surface area contributed by atoms with Gasteiger partial charge in [-0.25, -0.2) is 9.59 Å². The molecule has 3 N–H and O–H groups in total. The van der Waals surface area contributed by atoms with Crippen molar-refractivity contribution in [1.82, 2.24) is 10.3 Å². The summed E-state index contributed by atoms with van der Waals surface area (Å²) in [4.78, 5) is 39.9. The van der Waals surface area contributed by atoms with Crippen LogP contribution in [0.5, 0.6) is 5.75 Å². The summed E-state index contributed by atoms with van der Waals surface area (Å²) in [5.41, 5.74) is 3.19. The zero-order chi connectivity index (χ0) is 25.1. The quantitative estimate of drug-likeness (QED) is 0.313. The van der Waals surface area contributed by atoms with Crippen LogP contribution in [0.1, 0.15) is 37.0 Å². The van der Waals surface area contributed by atoms with Crippen LogP contribution in [-0.4, -0.2) is 34.1 Å². The van der Waals surface area contributed by atoms with E-state index in [1.807, 2.05) is 37.3 Å². The second kappa shape index (κ2) is 10.0. The van der Waals surface area contributed by atoms with Crippen LogP contribution < -0.4 is 15.7 Å². The van der Waals surface area contributed by atoms with Crippen molar-refractivity contribution >= 4 is 33.7 Å². The maximum atomic E-state index is 12.8. The first-order chi connectivity index (χ1) is 16.8. The monoisotopic (exact) mass is 476 g/mol. The Labute approximate surface area is 201 Å². The van der Waals surface area contributed by atoms with Crippen LogP contribution in [0.3, 0.4) is 0 Å². The summed E-state index contributed by atoms with van der Waals surface area (Å²) in [6, 6.07) is 11.5. The summed E-state index contributed by atoms with van der Waals surface area (Å²) in [6.07, 6.45) is 2.54. The van der Waals surface area contributed by atoms with Gasteiger partial charge in [-0.3, -0.25) is 4.79 Å². The zero-order valence-corrected chi connectivity index (χ0v) is 19.9. The molecular formula is C27H28N2O6. The highest BCUT2D eigenvalue weighted by Gasteiger charge is 2.26. The summed E-state index contributed by atoms with van der Waals surface area (Å²) >= 11 is 0. The number of carboxylic acid groups (broad SMARTS) is 1. The molecule has 8 nitrogen and oxygen atoms in total. The van der Waals surface area contributed by atoms with Gasteiger partial charge in [-0.15, -0.1) is 0 Å². The molecule has 1 amide bonds. The number of nitrogens with one attached hydrogen (secondary N) is 2. The summed E-state index contributed by atoms with van der Waals surface area (Å²) in [7, 11) is 0. The Morgan fingerprint density at radius 2 is 1.91 bits per heavy atom. The fourth-order valence-corrected chi connectivity index (χ4v) is 4.27. The normalized spacial score (nSPS) is 13.0. The van der Waals surface area contributed by atoms with Gasteiger partial charge in [-0.1, -0.05) is 31.5 Å². The minimum absolute atomic E-state index is 0.123. The number of aromatic amines is 1. The van der Waals surface area contributed by atoms with Crippen LogP contribution in [0, 0.1) is 6.92 Å². The van der Waals surface area contributed by atoms with Gasteiger partial charge in [0.2, 0.25) is 0 Å². The second-order valence-corrected chi connectivity index (χ2v) is 8.63. The molecule has 2 aromatic heterocycles. The summed E-state index contributed by atoms with van der Waals surface area (Å²) < 4.78 is 11.3. The fourth-order valence-electron chi connectivity index (χ4n) is 4.27. The molecule has 0 radical (unpaired) electrons. The molecule has 4 aromatic rings. The van der Waals surface area contributed by atoms with Gasteiger partial charge in [0.05, 0.1) is 0 Å². The minimum Gasteiger partial charge on any atom is -0.480 e. The Balaban J connectivity index is 1.51. The van der Waals surface area contributed by atoms with E-state index in [-0.39, 0.29) is 6.42 Å². The molecule has 0 unspecified atom stereocenters. The van der Waals surface area contributed by atoms with Gasteiger partial charge in [-0.05, 0) is 49.6 Å². The molecule has 0 fully saturated rings. The lowest BCUT2D eigenvalue weighted by molar-refractivity contribution is -0.142. The molecule has 0 saturated heterocycles.